The lowest BCUT2D eigenvalue weighted by Crippen LogP contribution is -2.38. The SMILES string of the molecule is CCCCC(=O)N=C1S[C@@H]2CS(=O)(=O)C[C@H]2N1c1ccc(OC)cc1OC. The molecule has 0 saturated carbocycles. The fourth-order valence-electron chi connectivity index (χ4n) is 3.32. The van der Waals surface area contributed by atoms with Crippen LogP contribution in [-0.2, 0) is 14.6 Å². The molecule has 0 radical (unpaired) electrons. The number of methoxy groups -OCH3 is 2. The van der Waals surface area contributed by atoms with Crippen molar-refractivity contribution in [1.29, 1.82) is 0 Å². The minimum absolute atomic E-state index is 0.0437. The van der Waals surface area contributed by atoms with Gasteiger partial charge in [-0.2, -0.15) is 4.99 Å². The van der Waals surface area contributed by atoms with Gasteiger partial charge in [0, 0.05) is 17.7 Å². The third-order valence-electron chi connectivity index (χ3n) is 4.68. The Morgan fingerprint density at radius 1 is 1.30 bits per heavy atom. The van der Waals surface area contributed by atoms with Crippen LogP contribution in [0.3, 0.4) is 0 Å². The Labute approximate surface area is 164 Å². The molecule has 0 aromatic heterocycles. The zero-order chi connectivity index (χ0) is 19.6. The maximum atomic E-state index is 12.2. The van der Waals surface area contributed by atoms with Crippen LogP contribution in [0.15, 0.2) is 23.2 Å². The first-order chi connectivity index (χ1) is 12.9. The van der Waals surface area contributed by atoms with E-state index in [2.05, 4.69) is 4.99 Å². The van der Waals surface area contributed by atoms with Gasteiger partial charge in [-0.05, 0) is 18.6 Å². The number of carbonyl (C=O) groups excluding carboxylic acids is 1. The van der Waals surface area contributed by atoms with E-state index in [1.54, 1.807) is 26.4 Å². The lowest BCUT2D eigenvalue weighted by atomic mass is 10.2. The molecule has 2 aliphatic rings. The van der Waals surface area contributed by atoms with Gasteiger partial charge in [0.15, 0.2) is 15.0 Å². The van der Waals surface area contributed by atoms with Crippen molar-refractivity contribution in [2.45, 2.75) is 37.5 Å². The molecule has 2 saturated heterocycles. The van der Waals surface area contributed by atoms with Gasteiger partial charge in [0.1, 0.15) is 11.5 Å². The normalized spacial score (nSPS) is 24.9. The fraction of sp³-hybridized carbons (Fsp3) is 0.556. The van der Waals surface area contributed by atoms with Crippen molar-refractivity contribution in [3.63, 3.8) is 0 Å². The van der Waals surface area contributed by atoms with Crippen molar-refractivity contribution in [2.75, 3.05) is 30.6 Å². The summed E-state index contributed by atoms with van der Waals surface area (Å²) < 4.78 is 35.0. The number of amidine groups is 1. The zero-order valence-electron chi connectivity index (χ0n) is 15.7. The molecule has 0 unspecified atom stereocenters. The molecule has 0 aliphatic carbocycles. The first-order valence-corrected chi connectivity index (χ1v) is 11.6. The van der Waals surface area contributed by atoms with Crippen LogP contribution in [0.5, 0.6) is 11.5 Å². The number of unbranched alkanes of at least 4 members (excludes halogenated alkanes) is 1. The van der Waals surface area contributed by atoms with E-state index in [-0.39, 0.29) is 28.7 Å². The van der Waals surface area contributed by atoms with Gasteiger partial charge in [-0.25, -0.2) is 8.42 Å². The van der Waals surface area contributed by atoms with Crippen molar-refractivity contribution < 1.29 is 22.7 Å². The summed E-state index contributed by atoms with van der Waals surface area (Å²) in [6, 6.07) is 5.08. The van der Waals surface area contributed by atoms with E-state index in [4.69, 9.17) is 9.47 Å². The van der Waals surface area contributed by atoms with E-state index in [9.17, 15) is 13.2 Å². The van der Waals surface area contributed by atoms with Gasteiger partial charge in [-0.3, -0.25) is 4.79 Å². The predicted octanol–water partition coefficient (Wildman–Crippen LogP) is 2.50. The third kappa shape index (κ3) is 4.24. The number of aliphatic imine (C=N–C) groups is 1. The number of amides is 1. The molecule has 2 fully saturated rings. The van der Waals surface area contributed by atoms with Gasteiger partial charge in [-0.1, -0.05) is 25.1 Å². The monoisotopic (exact) mass is 412 g/mol. The predicted molar refractivity (Wildman–Crippen MR) is 108 cm³/mol. The maximum absolute atomic E-state index is 12.2. The molecule has 9 heteroatoms. The van der Waals surface area contributed by atoms with Gasteiger partial charge in [-0.15, -0.1) is 0 Å². The van der Waals surface area contributed by atoms with Gasteiger partial charge < -0.3 is 14.4 Å². The van der Waals surface area contributed by atoms with Crippen LogP contribution in [0.2, 0.25) is 0 Å². The van der Waals surface area contributed by atoms with Crippen LogP contribution in [0.25, 0.3) is 0 Å². The first-order valence-electron chi connectivity index (χ1n) is 8.88. The Balaban J connectivity index is 2.01. The molecule has 0 bridgehead atoms. The highest BCUT2D eigenvalue weighted by Gasteiger charge is 2.50. The third-order valence-corrected chi connectivity index (χ3v) is 7.89. The second-order valence-corrected chi connectivity index (χ2v) is 9.96. The second kappa shape index (κ2) is 8.10. The standard InChI is InChI=1S/C18H24N2O5S2/c1-4-5-6-17(21)19-18-20(14-10-27(22,23)11-16(14)26-18)13-8-7-12(24-2)9-15(13)25-3/h7-9,14,16H,4-6,10-11H2,1-3H3/t14-,16-/m1/s1. The largest absolute Gasteiger partial charge is 0.497 e. The maximum Gasteiger partial charge on any atom is 0.248 e. The number of sulfone groups is 1. The number of rotatable bonds is 6. The summed E-state index contributed by atoms with van der Waals surface area (Å²) >= 11 is 1.37. The van der Waals surface area contributed by atoms with Crippen molar-refractivity contribution >= 4 is 38.4 Å². The van der Waals surface area contributed by atoms with Crippen LogP contribution < -0.4 is 14.4 Å². The molecule has 2 atom stereocenters. The summed E-state index contributed by atoms with van der Waals surface area (Å²) in [6.07, 6.45) is 2.10. The second-order valence-electron chi connectivity index (χ2n) is 6.60. The highest BCUT2D eigenvalue weighted by atomic mass is 32.2. The van der Waals surface area contributed by atoms with E-state index < -0.39 is 9.84 Å². The van der Waals surface area contributed by atoms with E-state index in [1.807, 2.05) is 17.9 Å². The molecule has 0 N–H and O–H groups in total. The Hall–Kier alpha value is -1.74. The van der Waals surface area contributed by atoms with Gasteiger partial charge in [0.25, 0.3) is 0 Å². The number of nitrogens with zero attached hydrogens (tertiary/aromatic N) is 2. The minimum atomic E-state index is -3.11. The zero-order valence-corrected chi connectivity index (χ0v) is 17.3. The summed E-state index contributed by atoms with van der Waals surface area (Å²) in [7, 11) is 0.00482. The summed E-state index contributed by atoms with van der Waals surface area (Å²) in [6.45, 7) is 2.02. The average molecular weight is 413 g/mol. The first kappa shape index (κ1) is 20.0. The summed E-state index contributed by atoms with van der Waals surface area (Å²) in [5.41, 5.74) is 0.692. The number of thioether (sulfide) groups is 1. The van der Waals surface area contributed by atoms with Crippen LogP contribution in [-0.4, -0.2) is 56.5 Å². The molecule has 27 heavy (non-hydrogen) atoms. The van der Waals surface area contributed by atoms with Crippen LogP contribution in [0, 0.1) is 0 Å². The smallest absolute Gasteiger partial charge is 0.248 e. The number of benzene rings is 1. The van der Waals surface area contributed by atoms with Crippen molar-refractivity contribution in [3.8, 4) is 11.5 Å². The number of anilines is 1. The fourth-order valence-corrected chi connectivity index (χ4v) is 7.24. The molecule has 1 aromatic rings. The molecule has 148 valence electrons. The van der Waals surface area contributed by atoms with Crippen molar-refractivity contribution in [2.24, 2.45) is 4.99 Å². The van der Waals surface area contributed by atoms with Crippen LogP contribution in [0.4, 0.5) is 5.69 Å². The van der Waals surface area contributed by atoms with E-state index in [0.717, 1.165) is 12.8 Å². The summed E-state index contributed by atoms with van der Waals surface area (Å²) in [5, 5.41) is 0.406. The molecular weight excluding hydrogens is 388 g/mol. The average Bonchev–Trinajstić information content (AvgIpc) is 3.10. The quantitative estimate of drug-likeness (QED) is 0.710. The topological polar surface area (TPSA) is 85.3 Å². The Kier molecular flexibility index (Phi) is 6.00. The van der Waals surface area contributed by atoms with E-state index in [0.29, 0.717) is 28.8 Å². The number of hydrogen-bond acceptors (Lipinski definition) is 6. The number of hydrogen-bond donors (Lipinski definition) is 0. The molecule has 7 nitrogen and oxygen atoms in total. The molecule has 1 aromatic carbocycles. The van der Waals surface area contributed by atoms with Gasteiger partial charge in [0.2, 0.25) is 5.91 Å². The van der Waals surface area contributed by atoms with Crippen molar-refractivity contribution in [3.05, 3.63) is 18.2 Å². The van der Waals surface area contributed by atoms with Crippen LogP contribution in [0.1, 0.15) is 26.2 Å². The molecule has 2 heterocycles. The molecule has 3 rings (SSSR count). The highest BCUT2D eigenvalue weighted by Crippen LogP contribution is 2.44. The molecular formula is C18H24N2O5S2. The Bertz CT molecular complexity index is 853. The van der Waals surface area contributed by atoms with Crippen molar-refractivity contribution in [1.82, 2.24) is 0 Å². The number of ether oxygens (including phenoxy) is 2. The minimum Gasteiger partial charge on any atom is -0.497 e. The summed E-state index contributed by atoms with van der Waals surface area (Å²) in [5.74, 6) is 1.14. The number of fused-ring (bicyclic) bond motifs is 1. The van der Waals surface area contributed by atoms with Gasteiger partial charge in [0.05, 0.1) is 37.5 Å². The number of carbonyl (C=O) groups is 1. The summed E-state index contributed by atoms with van der Waals surface area (Å²) in [4.78, 5) is 18.4. The lowest BCUT2D eigenvalue weighted by molar-refractivity contribution is -0.117. The highest BCUT2D eigenvalue weighted by molar-refractivity contribution is 8.16. The Morgan fingerprint density at radius 3 is 2.74 bits per heavy atom. The lowest BCUT2D eigenvalue weighted by Gasteiger charge is -2.26. The van der Waals surface area contributed by atoms with E-state index >= 15 is 0 Å². The van der Waals surface area contributed by atoms with E-state index in [1.165, 1.54) is 11.8 Å². The van der Waals surface area contributed by atoms with Crippen LogP contribution >= 0.6 is 11.8 Å². The molecule has 2 aliphatic heterocycles. The Morgan fingerprint density at radius 2 is 2.07 bits per heavy atom. The molecule has 0 spiro atoms. The van der Waals surface area contributed by atoms with Gasteiger partial charge >= 0.3 is 0 Å². The molecule has 1 amide bonds.